The summed E-state index contributed by atoms with van der Waals surface area (Å²) in [5.74, 6) is -1.01. The molecule has 1 aromatic carbocycles. The second-order valence-electron chi connectivity index (χ2n) is 8.04. The van der Waals surface area contributed by atoms with Gasteiger partial charge in [-0.2, -0.15) is 18.3 Å². The summed E-state index contributed by atoms with van der Waals surface area (Å²) in [6.45, 7) is 4.61. The summed E-state index contributed by atoms with van der Waals surface area (Å²) in [4.78, 5) is 11.9. The standard InChI is InChI=1S/C21H25F3N2O4S/c1-4-30-20(27)18-10-25-26(19(18)21(22,23)24)11-14-5-6-16-8-15(9-17(16)7-14)12-31(28,29)13(2)3/h5-7,10,13,15H,4,8-9,11-12H2,1-3H3/t15-/m0/s1. The number of esters is 1. The van der Waals surface area contributed by atoms with Crippen molar-refractivity contribution in [3.63, 3.8) is 0 Å². The van der Waals surface area contributed by atoms with Gasteiger partial charge >= 0.3 is 12.1 Å². The molecule has 0 N–H and O–H groups in total. The van der Waals surface area contributed by atoms with Crippen molar-refractivity contribution in [2.24, 2.45) is 5.92 Å². The number of hydrogen-bond donors (Lipinski definition) is 0. The molecule has 0 saturated heterocycles. The Labute approximate surface area is 179 Å². The number of alkyl halides is 3. The zero-order chi connectivity index (χ0) is 23.0. The van der Waals surface area contributed by atoms with Crippen LogP contribution in [0.2, 0.25) is 0 Å². The molecular formula is C21H25F3N2O4S. The van der Waals surface area contributed by atoms with E-state index >= 15 is 0 Å². The molecule has 0 aliphatic heterocycles. The first kappa shape index (κ1) is 23.3. The van der Waals surface area contributed by atoms with Crippen molar-refractivity contribution in [3.8, 4) is 0 Å². The van der Waals surface area contributed by atoms with Crippen LogP contribution in [0.4, 0.5) is 13.2 Å². The Morgan fingerprint density at radius 2 is 1.94 bits per heavy atom. The number of carbonyl (C=O) groups excluding carboxylic acids is 1. The number of fused-ring (bicyclic) bond motifs is 1. The molecule has 3 rings (SSSR count). The molecule has 170 valence electrons. The summed E-state index contributed by atoms with van der Waals surface area (Å²) >= 11 is 0. The Bertz CT molecular complexity index is 1070. The largest absolute Gasteiger partial charge is 0.462 e. The molecule has 6 nitrogen and oxygen atoms in total. The maximum Gasteiger partial charge on any atom is 0.433 e. The van der Waals surface area contributed by atoms with Gasteiger partial charge in [0.05, 0.1) is 30.4 Å². The Hall–Kier alpha value is -2.36. The fourth-order valence-electron chi connectivity index (χ4n) is 3.84. The van der Waals surface area contributed by atoms with Crippen LogP contribution in [0.1, 0.15) is 53.5 Å². The van der Waals surface area contributed by atoms with Crippen LogP contribution < -0.4 is 0 Å². The number of aromatic nitrogens is 2. The number of rotatable bonds is 7. The number of benzene rings is 1. The van der Waals surface area contributed by atoms with E-state index in [1.165, 1.54) is 6.92 Å². The van der Waals surface area contributed by atoms with Gasteiger partial charge in [0.2, 0.25) is 0 Å². The molecule has 2 aromatic rings. The highest BCUT2D eigenvalue weighted by Crippen LogP contribution is 2.34. The molecule has 1 aliphatic rings. The van der Waals surface area contributed by atoms with E-state index in [0.717, 1.165) is 22.0 Å². The molecule has 0 saturated carbocycles. The first-order chi connectivity index (χ1) is 14.4. The minimum Gasteiger partial charge on any atom is -0.462 e. The van der Waals surface area contributed by atoms with Crippen molar-refractivity contribution in [3.05, 3.63) is 52.3 Å². The Balaban J connectivity index is 1.82. The van der Waals surface area contributed by atoms with E-state index in [1.54, 1.807) is 26.0 Å². The second-order valence-corrected chi connectivity index (χ2v) is 10.6. The molecule has 1 atom stereocenters. The smallest absolute Gasteiger partial charge is 0.433 e. The van der Waals surface area contributed by atoms with Crippen LogP contribution in [-0.2, 0) is 40.1 Å². The lowest BCUT2D eigenvalue weighted by molar-refractivity contribution is -0.144. The lowest BCUT2D eigenvalue weighted by Crippen LogP contribution is -2.23. The van der Waals surface area contributed by atoms with Crippen molar-refractivity contribution in [2.45, 2.75) is 51.6 Å². The highest BCUT2D eigenvalue weighted by atomic mass is 32.2. The molecule has 10 heteroatoms. The summed E-state index contributed by atoms with van der Waals surface area (Å²) in [6.07, 6.45) is -2.70. The number of sulfone groups is 1. The Morgan fingerprint density at radius 1 is 1.26 bits per heavy atom. The maximum atomic E-state index is 13.6. The molecule has 0 radical (unpaired) electrons. The van der Waals surface area contributed by atoms with Gasteiger partial charge in [0.25, 0.3) is 0 Å². The molecule has 1 aromatic heterocycles. The Morgan fingerprint density at radius 3 is 2.55 bits per heavy atom. The van der Waals surface area contributed by atoms with Crippen molar-refractivity contribution < 1.29 is 31.1 Å². The van der Waals surface area contributed by atoms with E-state index in [0.29, 0.717) is 18.4 Å². The molecule has 0 spiro atoms. The number of carbonyl (C=O) groups is 1. The summed E-state index contributed by atoms with van der Waals surface area (Å²) in [5, 5.41) is 3.33. The van der Waals surface area contributed by atoms with E-state index in [4.69, 9.17) is 4.74 Å². The van der Waals surface area contributed by atoms with Gasteiger partial charge in [-0.1, -0.05) is 18.2 Å². The van der Waals surface area contributed by atoms with E-state index in [-0.39, 0.29) is 24.8 Å². The van der Waals surface area contributed by atoms with Crippen LogP contribution in [0.15, 0.2) is 24.4 Å². The summed E-state index contributed by atoms with van der Waals surface area (Å²) in [5.41, 5.74) is 0.779. The SMILES string of the molecule is CCOC(=O)c1cnn(Cc2ccc3c(c2)C[C@@H](CS(=O)(=O)C(C)C)C3)c1C(F)(F)F. The van der Waals surface area contributed by atoms with Gasteiger partial charge in [-0.15, -0.1) is 0 Å². The minimum atomic E-state index is -4.77. The maximum absolute atomic E-state index is 13.6. The van der Waals surface area contributed by atoms with Crippen molar-refractivity contribution in [1.29, 1.82) is 0 Å². The number of halogens is 3. The zero-order valence-corrected chi connectivity index (χ0v) is 18.4. The molecule has 0 bridgehead atoms. The lowest BCUT2D eigenvalue weighted by atomic mass is 10.1. The fraction of sp³-hybridized carbons (Fsp3) is 0.524. The van der Waals surface area contributed by atoms with Crippen LogP contribution in [0.25, 0.3) is 0 Å². The molecule has 1 heterocycles. The predicted molar refractivity (Wildman–Crippen MR) is 109 cm³/mol. The van der Waals surface area contributed by atoms with Crippen LogP contribution in [-0.4, -0.2) is 41.8 Å². The molecule has 1 aliphatic carbocycles. The van der Waals surface area contributed by atoms with Gasteiger partial charge in [0.1, 0.15) is 5.56 Å². The second kappa shape index (κ2) is 8.64. The molecular weight excluding hydrogens is 433 g/mol. The van der Waals surface area contributed by atoms with Crippen molar-refractivity contribution >= 4 is 15.8 Å². The molecule has 0 fully saturated rings. The number of hydrogen-bond acceptors (Lipinski definition) is 5. The van der Waals surface area contributed by atoms with Crippen molar-refractivity contribution in [2.75, 3.05) is 12.4 Å². The monoisotopic (exact) mass is 458 g/mol. The Kier molecular flexibility index (Phi) is 6.50. The zero-order valence-electron chi connectivity index (χ0n) is 17.6. The number of ether oxygens (including phenoxy) is 1. The van der Waals surface area contributed by atoms with E-state index in [1.807, 2.05) is 6.07 Å². The quantitative estimate of drug-likeness (QED) is 0.592. The van der Waals surface area contributed by atoms with Gasteiger partial charge in [0.15, 0.2) is 15.5 Å². The van der Waals surface area contributed by atoms with Crippen LogP contribution in [0.5, 0.6) is 0 Å². The molecule has 0 unspecified atom stereocenters. The van der Waals surface area contributed by atoms with Crippen molar-refractivity contribution in [1.82, 2.24) is 9.78 Å². The molecule has 0 amide bonds. The van der Waals surface area contributed by atoms with Gasteiger partial charge in [-0.3, -0.25) is 4.68 Å². The highest BCUT2D eigenvalue weighted by molar-refractivity contribution is 7.91. The average molecular weight is 459 g/mol. The summed E-state index contributed by atoms with van der Waals surface area (Å²) < 4.78 is 70.8. The lowest BCUT2D eigenvalue weighted by Gasteiger charge is -2.13. The third kappa shape index (κ3) is 5.11. The third-order valence-corrected chi connectivity index (χ3v) is 7.78. The third-order valence-electron chi connectivity index (χ3n) is 5.41. The normalized spacial score (nSPS) is 16.5. The molecule has 31 heavy (non-hydrogen) atoms. The van der Waals surface area contributed by atoms with Gasteiger partial charge in [-0.05, 0) is 56.2 Å². The van der Waals surface area contributed by atoms with Crippen LogP contribution >= 0.6 is 0 Å². The van der Waals surface area contributed by atoms with Gasteiger partial charge in [0, 0.05) is 0 Å². The minimum absolute atomic E-state index is 0.0384. The first-order valence-electron chi connectivity index (χ1n) is 10.0. The van der Waals surface area contributed by atoms with Gasteiger partial charge in [-0.25, -0.2) is 13.2 Å². The highest BCUT2D eigenvalue weighted by Gasteiger charge is 2.40. The number of nitrogens with zero attached hydrogens (tertiary/aromatic N) is 2. The average Bonchev–Trinajstić information content (AvgIpc) is 3.24. The first-order valence-corrected chi connectivity index (χ1v) is 11.8. The summed E-state index contributed by atoms with van der Waals surface area (Å²) in [6, 6.07) is 5.34. The van der Waals surface area contributed by atoms with Crippen LogP contribution in [0, 0.1) is 5.92 Å². The van der Waals surface area contributed by atoms with E-state index < -0.39 is 38.5 Å². The van der Waals surface area contributed by atoms with E-state index in [2.05, 4.69) is 5.10 Å². The van der Waals surface area contributed by atoms with Gasteiger partial charge < -0.3 is 4.74 Å². The topological polar surface area (TPSA) is 78.3 Å². The fourth-order valence-corrected chi connectivity index (χ4v) is 5.11. The summed E-state index contributed by atoms with van der Waals surface area (Å²) in [7, 11) is -3.17. The van der Waals surface area contributed by atoms with Crippen LogP contribution in [0.3, 0.4) is 0 Å². The van der Waals surface area contributed by atoms with E-state index in [9.17, 15) is 26.4 Å². The predicted octanol–water partition coefficient (Wildman–Crippen LogP) is 3.66.